The van der Waals surface area contributed by atoms with Gasteiger partial charge in [-0.1, -0.05) is 55.3 Å². The van der Waals surface area contributed by atoms with Crippen molar-refractivity contribution in [1.29, 1.82) is 0 Å². The molecule has 1 atom stereocenters. The molecule has 0 saturated carbocycles. The summed E-state index contributed by atoms with van der Waals surface area (Å²) in [5.74, 6) is 0. The zero-order valence-corrected chi connectivity index (χ0v) is 16.0. The molecule has 7 nitrogen and oxygen atoms in total. The number of rotatable bonds is 7. The number of aryl methyl sites for hydroxylation is 1. The maximum absolute atomic E-state index is 12.0. The summed E-state index contributed by atoms with van der Waals surface area (Å²) in [7, 11) is 1.82. The average molecular weight is 388 g/mol. The average Bonchev–Trinajstić information content (AvgIpc) is 3.02. The van der Waals surface area contributed by atoms with E-state index in [1.807, 2.05) is 44.3 Å². The highest BCUT2D eigenvalue weighted by Gasteiger charge is 2.24. The van der Waals surface area contributed by atoms with Crippen LogP contribution in [0.3, 0.4) is 0 Å². The van der Waals surface area contributed by atoms with Gasteiger partial charge in [-0.2, -0.15) is 5.10 Å². The number of hydrogen-bond donors (Lipinski definition) is 2. The molecule has 8 heteroatoms. The molecule has 2 N–H and O–H groups in total. The topological polar surface area (TPSA) is 83.3 Å². The Balaban J connectivity index is 1.89. The first-order chi connectivity index (χ1) is 13.0. The van der Waals surface area contributed by atoms with Gasteiger partial charge in [-0.3, -0.25) is 4.68 Å². The fourth-order valence-corrected chi connectivity index (χ4v) is 3.46. The lowest BCUT2D eigenvalue weighted by Gasteiger charge is -2.30. The minimum absolute atomic E-state index is 0.218. The number of amides is 1. The molecule has 0 radical (unpaired) electrons. The first-order valence-corrected chi connectivity index (χ1v) is 9.16. The van der Waals surface area contributed by atoms with Crippen LogP contribution in [0.5, 0.6) is 0 Å². The Kier molecular flexibility index (Phi) is 5.93. The molecular formula is C19H22ClN5O2. The van der Waals surface area contributed by atoms with Gasteiger partial charge in [0.2, 0.25) is 0 Å². The van der Waals surface area contributed by atoms with E-state index in [2.05, 4.69) is 15.5 Å². The summed E-state index contributed by atoms with van der Waals surface area (Å²) in [5, 5.41) is 16.5. The normalized spacial score (nSPS) is 12.3. The van der Waals surface area contributed by atoms with Gasteiger partial charge in [0.15, 0.2) is 0 Å². The van der Waals surface area contributed by atoms with E-state index in [1.165, 1.54) is 5.01 Å². The second kappa shape index (κ2) is 8.37. The summed E-state index contributed by atoms with van der Waals surface area (Å²) in [5.41, 5.74) is 5.44. The maximum atomic E-state index is 12.0. The van der Waals surface area contributed by atoms with Crippen molar-refractivity contribution >= 4 is 28.6 Å². The van der Waals surface area contributed by atoms with Crippen molar-refractivity contribution in [2.45, 2.75) is 32.4 Å². The van der Waals surface area contributed by atoms with Crippen LogP contribution in [0.15, 0.2) is 42.6 Å². The lowest BCUT2D eigenvalue weighted by atomic mass is 10.0. The van der Waals surface area contributed by atoms with Gasteiger partial charge in [-0.15, -0.1) is 0 Å². The third-order valence-corrected chi connectivity index (χ3v) is 4.63. The predicted molar refractivity (Wildman–Crippen MR) is 104 cm³/mol. The van der Waals surface area contributed by atoms with Crippen LogP contribution < -0.4 is 5.43 Å². The minimum Gasteiger partial charge on any atom is -0.464 e. The predicted octanol–water partition coefficient (Wildman–Crippen LogP) is 4.15. The van der Waals surface area contributed by atoms with Crippen LogP contribution in [0.1, 0.15) is 37.1 Å². The van der Waals surface area contributed by atoms with Gasteiger partial charge in [0.1, 0.15) is 5.15 Å². The van der Waals surface area contributed by atoms with Gasteiger partial charge in [0.05, 0.1) is 30.0 Å². The number of hydrogen-bond acceptors (Lipinski definition) is 4. The molecule has 0 bridgehead atoms. The Morgan fingerprint density at radius 3 is 2.78 bits per heavy atom. The smallest absolute Gasteiger partial charge is 0.422 e. The molecule has 3 rings (SSSR count). The first kappa shape index (κ1) is 19.1. The summed E-state index contributed by atoms with van der Waals surface area (Å²) >= 11 is 6.11. The quantitative estimate of drug-likeness (QED) is 0.470. The van der Waals surface area contributed by atoms with Crippen LogP contribution in [-0.2, 0) is 13.6 Å². The molecule has 142 valence electrons. The molecule has 2 heterocycles. The zero-order chi connectivity index (χ0) is 19.4. The van der Waals surface area contributed by atoms with Gasteiger partial charge in [-0.25, -0.2) is 20.2 Å². The molecule has 0 aliphatic rings. The molecule has 0 aliphatic heterocycles. The summed E-state index contributed by atoms with van der Waals surface area (Å²) in [6.45, 7) is 2.25. The highest BCUT2D eigenvalue weighted by molar-refractivity contribution is 6.30. The number of fused-ring (bicyclic) bond motifs is 1. The molecule has 2 aromatic heterocycles. The van der Waals surface area contributed by atoms with Crippen LogP contribution in [0, 0.1) is 0 Å². The number of hydrazine groups is 1. The van der Waals surface area contributed by atoms with E-state index in [9.17, 15) is 9.90 Å². The van der Waals surface area contributed by atoms with E-state index in [1.54, 1.807) is 16.9 Å². The van der Waals surface area contributed by atoms with Gasteiger partial charge in [0.25, 0.3) is 0 Å². The second-order valence-corrected chi connectivity index (χ2v) is 6.69. The van der Waals surface area contributed by atoms with E-state index >= 15 is 0 Å². The van der Waals surface area contributed by atoms with Crippen molar-refractivity contribution in [3.63, 3.8) is 0 Å². The van der Waals surface area contributed by atoms with Gasteiger partial charge >= 0.3 is 6.09 Å². The summed E-state index contributed by atoms with van der Waals surface area (Å²) < 4.78 is 1.71. The second-order valence-electron chi connectivity index (χ2n) is 6.30. The Morgan fingerprint density at radius 2 is 2.11 bits per heavy atom. The van der Waals surface area contributed by atoms with Crippen LogP contribution >= 0.6 is 11.6 Å². The first-order valence-electron chi connectivity index (χ1n) is 8.79. The molecule has 0 aliphatic carbocycles. The molecule has 1 amide bonds. The number of pyridine rings is 1. The van der Waals surface area contributed by atoms with Gasteiger partial charge in [-0.05, 0) is 18.1 Å². The van der Waals surface area contributed by atoms with Crippen LogP contribution in [0.2, 0.25) is 5.15 Å². The number of carboxylic acid groups (broad SMARTS) is 1. The van der Waals surface area contributed by atoms with Crippen molar-refractivity contribution in [2.75, 3.05) is 0 Å². The molecular weight excluding hydrogens is 366 g/mol. The number of aromatic nitrogens is 3. The Morgan fingerprint density at radius 1 is 1.37 bits per heavy atom. The van der Waals surface area contributed by atoms with Gasteiger partial charge < -0.3 is 5.11 Å². The SMILES string of the molecule is CCCC(c1ccccc1)N(NCc1nc(Cl)cc2cnn(C)c12)C(=O)O. The Labute approximate surface area is 162 Å². The van der Waals surface area contributed by atoms with Gasteiger partial charge in [0, 0.05) is 12.4 Å². The third kappa shape index (κ3) is 4.20. The molecule has 0 saturated heterocycles. The van der Waals surface area contributed by atoms with E-state index in [0.717, 1.165) is 22.9 Å². The monoisotopic (exact) mass is 387 g/mol. The standard InChI is InChI=1S/C19H22ClN5O2/c1-3-7-16(13-8-5-4-6-9-13)25(19(26)27)22-12-15-18-14(10-17(20)23-15)11-21-24(18)2/h4-6,8-11,16,22H,3,7,12H2,1-2H3,(H,26,27). The van der Waals surface area contributed by atoms with Crippen molar-refractivity contribution in [2.24, 2.45) is 7.05 Å². The van der Waals surface area contributed by atoms with E-state index in [-0.39, 0.29) is 12.6 Å². The lowest BCUT2D eigenvalue weighted by Crippen LogP contribution is -2.44. The molecule has 27 heavy (non-hydrogen) atoms. The van der Waals surface area contributed by atoms with E-state index in [0.29, 0.717) is 17.3 Å². The lowest BCUT2D eigenvalue weighted by molar-refractivity contribution is 0.0864. The summed E-state index contributed by atoms with van der Waals surface area (Å²) in [6, 6.07) is 11.1. The number of nitrogens with one attached hydrogen (secondary N) is 1. The van der Waals surface area contributed by atoms with E-state index in [4.69, 9.17) is 11.6 Å². The molecule has 0 fully saturated rings. The minimum atomic E-state index is -1.04. The highest BCUT2D eigenvalue weighted by Crippen LogP contribution is 2.25. The zero-order valence-electron chi connectivity index (χ0n) is 15.3. The third-order valence-electron chi connectivity index (χ3n) is 4.44. The van der Waals surface area contributed by atoms with Crippen LogP contribution in [-0.4, -0.2) is 31.0 Å². The van der Waals surface area contributed by atoms with Crippen molar-refractivity contribution in [1.82, 2.24) is 25.2 Å². The molecule has 1 aromatic carbocycles. The van der Waals surface area contributed by atoms with Crippen molar-refractivity contribution < 1.29 is 9.90 Å². The van der Waals surface area contributed by atoms with Crippen LogP contribution in [0.4, 0.5) is 4.79 Å². The largest absolute Gasteiger partial charge is 0.464 e. The summed E-state index contributed by atoms with van der Waals surface area (Å²) in [4.78, 5) is 16.3. The van der Waals surface area contributed by atoms with E-state index < -0.39 is 6.09 Å². The number of carbonyl (C=O) groups is 1. The Bertz CT molecular complexity index is 928. The summed E-state index contributed by atoms with van der Waals surface area (Å²) in [6.07, 6.45) is 2.23. The fourth-order valence-electron chi connectivity index (χ4n) is 3.24. The molecule has 0 spiro atoms. The van der Waals surface area contributed by atoms with Crippen LogP contribution in [0.25, 0.3) is 10.9 Å². The maximum Gasteiger partial charge on any atom is 0.422 e. The highest BCUT2D eigenvalue weighted by atomic mass is 35.5. The van der Waals surface area contributed by atoms with Crippen molar-refractivity contribution in [3.8, 4) is 0 Å². The number of benzene rings is 1. The molecule has 1 unspecified atom stereocenters. The number of halogens is 1. The Hall–Kier alpha value is -2.64. The fraction of sp³-hybridized carbons (Fsp3) is 0.316. The number of nitrogens with zero attached hydrogens (tertiary/aromatic N) is 4. The van der Waals surface area contributed by atoms with Crippen molar-refractivity contribution in [3.05, 3.63) is 59.0 Å². The molecule has 3 aromatic rings.